The van der Waals surface area contributed by atoms with E-state index in [0.29, 0.717) is 11.4 Å². The Morgan fingerprint density at radius 1 is 0.405 bits per heavy atom. The average molecular weight is 551 g/mol. The quantitative estimate of drug-likeness (QED) is 0.130. The highest BCUT2D eigenvalue weighted by Crippen LogP contribution is 2.35. The molecule has 0 saturated carbocycles. The summed E-state index contributed by atoms with van der Waals surface area (Å²) in [4.78, 5) is 19.0. The standard InChI is InChI=1S/C34H30N8/c35-41-33-37-27(21-29(39-33)31(23-13-5-1-6-14-23)24-15-7-2-8-16-24)28-22-30(40-34(38-28)42-36)32(25-17-9-3-10-18-25)26-19-11-4-12-20-26/h1-22,31-32H,35-36H2,(H,37,39,41)(H,38,40,42). The summed E-state index contributed by atoms with van der Waals surface area (Å²) in [7, 11) is 0. The minimum atomic E-state index is -0.156. The summed E-state index contributed by atoms with van der Waals surface area (Å²) < 4.78 is 0. The molecule has 0 atom stereocenters. The Hall–Kier alpha value is -5.44. The van der Waals surface area contributed by atoms with Gasteiger partial charge in [0.1, 0.15) is 0 Å². The van der Waals surface area contributed by atoms with E-state index in [1.807, 2.05) is 84.9 Å². The molecule has 0 spiro atoms. The molecule has 0 aliphatic rings. The first kappa shape index (κ1) is 26.8. The number of anilines is 2. The van der Waals surface area contributed by atoms with Crippen molar-refractivity contribution in [1.29, 1.82) is 0 Å². The molecule has 6 aromatic rings. The third-order valence-corrected chi connectivity index (χ3v) is 7.14. The number of rotatable bonds is 9. The van der Waals surface area contributed by atoms with Crippen molar-refractivity contribution in [2.24, 2.45) is 11.7 Å². The van der Waals surface area contributed by atoms with Crippen LogP contribution < -0.4 is 22.5 Å². The lowest BCUT2D eigenvalue weighted by molar-refractivity contribution is 0.893. The van der Waals surface area contributed by atoms with Crippen LogP contribution in [0, 0.1) is 0 Å². The van der Waals surface area contributed by atoms with Gasteiger partial charge < -0.3 is 0 Å². The van der Waals surface area contributed by atoms with E-state index < -0.39 is 0 Å². The van der Waals surface area contributed by atoms with Gasteiger partial charge >= 0.3 is 0 Å². The number of benzene rings is 4. The fraction of sp³-hybridized carbons (Fsp3) is 0.0588. The SMILES string of the molecule is NNc1nc(-c2cc(C(c3ccccc3)c3ccccc3)nc(NN)n2)cc(C(c2ccccc2)c2ccccc2)n1. The largest absolute Gasteiger partial charge is 0.292 e. The Morgan fingerprint density at radius 3 is 0.952 bits per heavy atom. The molecule has 0 saturated heterocycles. The van der Waals surface area contributed by atoms with E-state index in [1.165, 1.54) is 0 Å². The van der Waals surface area contributed by atoms with Crippen LogP contribution in [0.25, 0.3) is 11.4 Å². The summed E-state index contributed by atoms with van der Waals surface area (Å²) in [5.74, 6) is 12.0. The van der Waals surface area contributed by atoms with Crippen molar-refractivity contribution in [1.82, 2.24) is 19.9 Å². The van der Waals surface area contributed by atoms with Crippen molar-refractivity contribution in [2.75, 3.05) is 10.9 Å². The topological polar surface area (TPSA) is 128 Å². The third kappa shape index (κ3) is 5.71. The molecule has 0 unspecified atom stereocenters. The molecular formula is C34H30N8. The number of hydrogen-bond donors (Lipinski definition) is 4. The van der Waals surface area contributed by atoms with Crippen LogP contribution >= 0.6 is 0 Å². The van der Waals surface area contributed by atoms with Crippen LogP contribution in [0.1, 0.15) is 45.5 Å². The van der Waals surface area contributed by atoms with Gasteiger partial charge in [-0.3, -0.25) is 10.9 Å². The third-order valence-electron chi connectivity index (χ3n) is 7.14. The summed E-state index contributed by atoms with van der Waals surface area (Å²) in [5, 5.41) is 0. The van der Waals surface area contributed by atoms with Gasteiger partial charge in [0.05, 0.1) is 34.6 Å². The Bertz CT molecular complexity index is 1540. The second-order valence-corrected chi connectivity index (χ2v) is 9.80. The molecule has 0 amide bonds. The van der Waals surface area contributed by atoms with Crippen molar-refractivity contribution in [2.45, 2.75) is 11.8 Å². The van der Waals surface area contributed by atoms with E-state index in [4.69, 9.17) is 31.6 Å². The highest BCUT2D eigenvalue weighted by atomic mass is 15.3. The first-order valence-corrected chi connectivity index (χ1v) is 13.6. The maximum absolute atomic E-state index is 5.89. The second kappa shape index (κ2) is 12.4. The van der Waals surface area contributed by atoms with E-state index in [-0.39, 0.29) is 23.7 Å². The van der Waals surface area contributed by atoms with Crippen LogP contribution in [-0.4, -0.2) is 19.9 Å². The van der Waals surface area contributed by atoms with Gasteiger partial charge in [-0.2, -0.15) is 0 Å². The molecule has 6 rings (SSSR count). The van der Waals surface area contributed by atoms with Crippen molar-refractivity contribution in [3.63, 3.8) is 0 Å². The van der Waals surface area contributed by atoms with Crippen LogP contribution in [-0.2, 0) is 0 Å². The lowest BCUT2D eigenvalue weighted by Crippen LogP contribution is -2.16. The van der Waals surface area contributed by atoms with E-state index >= 15 is 0 Å². The summed E-state index contributed by atoms with van der Waals surface area (Å²) in [6.45, 7) is 0. The van der Waals surface area contributed by atoms with E-state index in [2.05, 4.69) is 59.4 Å². The molecule has 0 fully saturated rings. The van der Waals surface area contributed by atoms with Crippen molar-refractivity contribution in [3.05, 3.63) is 167 Å². The molecule has 2 aromatic heterocycles. The van der Waals surface area contributed by atoms with Gasteiger partial charge in [-0.1, -0.05) is 121 Å². The van der Waals surface area contributed by atoms with Gasteiger partial charge in [0.15, 0.2) is 0 Å². The van der Waals surface area contributed by atoms with Crippen LogP contribution in [0.5, 0.6) is 0 Å². The Kier molecular flexibility index (Phi) is 7.89. The Balaban J connectivity index is 1.53. The second-order valence-electron chi connectivity index (χ2n) is 9.80. The molecule has 8 heteroatoms. The number of hydrogen-bond acceptors (Lipinski definition) is 8. The molecule has 0 aliphatic heterocycles. The summed E-state index contributed by atoms with van der Waals surface area (Å²) in [6, 6.07) is 44.9. The number of nitrogens with one attached hydrogen (secondary N) is 2. The van der Waals surface area contributed by atoms with Crippen LogP contribution in [0.3, 0.4) is 0 Å². The van der Waals surface area contributed by atoms with Gasteiger partial charge in [0.2, 0.25) is 11.9 Å². The molecule has 4 aromatic carbocycles. The van der Waals surface area contributed by atoms with Gasteiger partial charge in [-0.05, 0) is 34.4 Å². The molecule has 2 heterocycles. The predicted molar refractivity (Wildman–Crippen MR) is 166 cm³/mol. The summed E-state index contributed by atoms with van der Waals surface area (Å²) >= 11 is 0. The molecule has 0 radical (unpaired) electrons. The maximum Gasteiger partial charge on any atom is 0.237 e. The number of nitrogens with zero attached hydrogens (tertiary/aromatic N) is 4. The molecule has 0 bridgehead atoms. The maximum atomic E-state index is 5.89. The monoisotopic (exact) mass is 550 g/mol. The number of hydrazine groups is 2. The smallest absolute Gasteiger partial charge is 0.237 e. The Labute approximate surface area is 244 Å². The predicted octanol–water partition coefficient (Wildman–Crippen LogP) is 5.87. The minimum absolute atomic E-state index is 0.156. The molecule has 8 nitrogen and oxygen atoms in total. The zero-order valence-electron chi connectivity index (χ0n) is 22.8. The van der Waals surface area contributed by atoms with Gasteiger partial charge in [-0.15, -0.1) is 0 Å². The Morgan fingerprint density at radius 2 is 0.690 bits per heavy atom. The van der Waals surface area contributed by atoms with Gasteiger partial charge in [0.25, 0.3) is 0 Å². The molecule has 0 aliphatic carbocycles. The molecule has 6 N–H and O–H groups in total. The summed E-state index contributed by atoms with van der Waals surface area (Å²) in [6.07, 6.45) is 0. The number of aromatic nitrogens is 4. The van der Waals surface area contributed by atoms with Crippen LogP contribution in [0.2, 0.25) is 0 Å². The highest BCUT2D eigenvalue weighted by molar-refractivity contribution is 5.61. The van der Waals surface area contributed by atoms with Crippen LogP contribution in [0.15, 0.2) is 133 Å². The zero-order chi connectivity index (χ0) is 28.7. The van der Waals surface area contributed by atoms with Crippen molar-refractivity contribution in [3.8, 4) is 11.4 Å². The molecular weight excluding hydrogens is 520 g/mol. The molecule has 42 heavy (non-hydrogen) atoms. The average Bonchev–Trinajstić information content (AvgIpc) is 3.07. The van der Waals surface area contributed by atoms with E-state index in [9.17, 15) is 0 Å². The van der Waals surface area contributed by atoms with Crippen molar-refractivity contribution < 1.29 is 0 Å². The fourth-order valence-corrected chi connectivity index (χ4v) is 5.27. The first-order valence-electron chi connectivity index (χ1n) is 13.6. The minimum Gasteiger partial charge on any atom is -0.292 e. The summed E-state index contributed by atoms with van der Waals surface area (Å²) in [5.41, 5.74) is 12.4. The molecule has 206 valence electrons. The number of nitrogen functional groups attached to an aromatic ring is 2. The van der Waals surface area contributed by atoms with Gasteiger partial charge in [0, 0.05) is 0 Å². The van der Waals surface area contributed by atoms with Gasteiger partial charge in [-0.25, -0.2) is 31.6 Å². The van der Waals surface area contributed by atoms with Crippen LogP contribution in [0.4, 0.5) is 11.9 Å². The normalized spacial score (nSPS) is 11.0. The number of nitrogens with two attached hydrogens (primary N) is 2. The fourth-order valence-electron chi connectivity index (χ4n) is 5.27. The van der Waals surface area contributed by atoms with E-state index in [0.717, 1.165) is 33.6 Å². The first-order chi connectivity index (χ1) is 20.7. The van der Waals surface area contributed by atoms with E-state index in [1.54, 1.807) is 0 Å². The van der Waals surface area contributed by atoms with Crippen molar-refractivity contribution >= 4 is 11.9 Å². The highest BCUT2D eigenvalue weighted by Gasteiger charge is 2.23. The lowest BCUT2D eigenvalue weighted by Gasteiger charge is -2.20. The lowest BCUT2D eigenvalue weighted by atomic mass is 9.87. The zero-order valence-corrected chi connectivity index (χ0v) is 22.8.